The van der Waals surface area contributed by atoms with Gasteiger partial charge in [0, 0.05) is 31.8 Å². The van der Waals surface area contributed by atoms with Gasteiger partial charge in [-0.2, -0.15) is 18.2 Å². The zero-order valence-corrected chi connectivity index (χ0v) is 21.5. The third-order valence-corrected chi connectivity index (χ3v) is 6.33. The molecule has 3 aromatic rings. The smallest absolute Gasteiger partial charge is 0.434 e. The Morgan fingerprint density at radius 1 is 1.19 bits per heavy atom. The third kappa shape index (κ3) is 5.71. The molecule has 8 nitrogen and oxygen atoms in total. The number of methoxy groups -OCH3 is 1. The second-order valence-corrected chi connectivity index (χ2v) is 9.00. The van der Waals surface area contributed by atoms with Gasteiger partial charge in [-0.25, -0.2) is 9.97 Å². The van der Waals surface area contributed by atoms with Gasteiger partial charge in [0.15, 0.2) is 17.4 Å². The van der Waals surface area contributed by atoms with Crippen LogP contribution in [-0.2, 0) is 24.6 Å². The van der Waals surface area contributed by atoms with Crippen molar-refractivity contribution in [2.24, 2.45) is 23.7 Å². The maximum atomic E-state index is 13.0. The van der Waals surface area contributed by atoms with Crippen LogP contribution in [0.2, 0.25) is 5.02 Å². The van der Waals surface area contributed by atoms with Crippen LogP contribution in [0.1, 0.15) is 35.6 Å². The minimum atomic E-state index is -4.51. The molecular formula is C25H26ClF3N6O2. The number of hydrogen-bond acceptors (Lipinski definition) is 7. The molecule has 196 valence electrons. The first-order chi connectivity index (χ1) is 17.5. The predicted octanol–water partition coefficient (Wildman–Crippen LogP) is 5.19. The fraction of sp³-hybridized carbons (Fsp3) is 0.360. The molecule has 1 aliphatic rings. The Morgan fingerprint density at radius 2 is 1.86 bits per heavy atom. The van der Waals surface area contributed by atoms with Crippen molar-refractivity contribution in [1.29, 1.82) is 0 Å². The average Bonchev–Trinajstić information content (AvgIpc) is 3.62. The molecule has 1 saturated carbocycles. The zero-order chi connectivity index (χ0) is 26.9. The van der Waals surface area contributed by atoms with E-state index in [-0.39, 0.29) is 35.1 Å². The third-order valence-electron chi connectivity index (χ3n) is 5.89. The van der Waals surface area contributed by atoms with Crippen LogP contribution in [0.15, 0.2) is 41.3 Å². The van der Waals surface area contributed by atoms with Crippen LogP contribution >= 0.6 is 11.6 Å². The molecule has 0 saturated heterocycles. The van der Waals surface area contributed by atoms with E-state index in [9.17, 15) is 13.2 Å². The van der Waals surface area contributed by atoms with Gasteiger partial charge < -0.3 is 19.8 Å². The highest BCUT2D eigenvalue weighted by molar-refractivity contribution is 6.32. The Morgan fingerprint density at radius 3 is 2.41 bits per heavy atom. The van der Waals surface area contributed by atoms with E-state index in [1.54, 1.807) is 38.2 Å². The Hall–Kier alpha value is -3.60. The monoisotopic (exact) mass is 534 g/mol. The molecule has 0 aliphatic heterocycles. The van der Waals surface area contributed by atoms with Crippen molar-refractivity contribution in [2.45, 2.75) is 32.5 Å². The number of rotatable bonds is 8. The van der Waals surface area contributed by atoms with Crippen molar-refractivity contribution < 1.29 is 22.6 Å². The summed E-state index contributed by atoms with van der Waals surface area (Å²) in [5.41, 5.74) is 8.27. The van der Waals surface area contributed by atoms with Crippen LogP contribution in [0.5, 0.6) is 5.88 Å². The summed E-state index contributed by atoms with van der Waals surface area (Å²) in [6.07, 6.45) is -1.56. The van der Waals surface area contributed by atoms with Crippen LogP contribution < -0.4 is 10.5 Å². The number of aliphatic imine (C=N–C) groups is 1. The van der Waals surface area contributed by atoms with Gasteiger partial charge >= 0.3 is 6.18 Å². The van der Waals surface area contributed by atoms with Crippen molar-refractivity contribution in [3.05, 3.63) is 64.1 Å². The van der Waals surface area contributed by atoms with E-state index >= 15 is 0 Å². The topological polar surface area (TPSA) is 100 Å². The first-order valence-electron chi connectivity index (χ1n) is 11.4. The number of hydrogen-bond donors (Lipinski definition) is 1. The molecule has 0 amide bonds. The summed E-state index contributed by atoms with van der Waals surface area (Å²) in [4.78, 5) is 17.1. The number of aromatic nitrogens is 4. The molecule has 2 heterocycles. The van der Waals surface area contributed by atoms with E-state index in [0.29, 0.717) is 22.7 Å². The van der Waals surface area contributed by atoms with E-state index in [1.807, 2.05) is 0 Å². The molecule has 0 unspecified atom stereocenters. The molecular weight excluding hydrogens is 509 g/mol. The van der Waals surface area contributed by atoms with Gasteiger partial charge in [-0.15, -0.1) is 0 Å². The number of alkyl halides is 3. The van der Waals surface area contributed by atoms with Gasteiger partial charge in [0.05, 0.1) is 18.5 Å². The molecule has 1 fully saturated rings. The van der Waals surface area contributed by atoms with E-state index in [4.69, 9.17) is 26.8 Å². The maximum absolute atomic E-state index is 13.0. The highest BCUT2D eigenvalue weighted by atomic mass is 35.5. The van der Waals surface area contributed by atoms with Crippen LogP contribution in [0.25, 0.3) is 17.0 Å². The van der Waals surface area contributed by atoms with Gasteiger partial charge in [-0.3, -0.25) is 4.99 Å². The standard InChI is InChI=1S/C25H26ClF3N6O2/c1-13-19(26)24(34-22(32-13)18(21(30)36-4)20(31-2)15-9-10-15)37-12-14-5-7-16(8-6-14)23-33-17(11-35(23)3)25(27,28)29/h5-8,11,15H,9-10,12,30H2,1-4H3. The SMILES string of the molecule is CN=C(C(=C(N)OC)c1nc(C)c(Cl)c(OCc2ccc(-c3nc(C(F)(F)F)cn3C)cc2)n1)C1CC1. The van der Waals surface area contributed by atoms with Gasteiger partial charge in [-0.05, 0) is 25.3 Å². The second kappa shape index (κ2) is 10.4. The van der Waals surface area contributed by atoms with E-state index in [0.717, 1.165) is 30.3 Å². The maximum Gasteiger partial charge on any atom is 0.434 e. The van der Waals surface area contributed by atoms with E-state index < -0.39 is 11.9 Å². The second-order valence-electron chi connectivity index (χ2n) is 8.62. The Bertz CT molecular complexity index is 1360. The Labute approximate surface area is 217 Å². The lowest BCUT2D eigenvalue weighted by atomic mass is 10.1. The number of allylic oxidation sites excluding steroid dienone is 1. The molecule has 1 aliphatic carbocycles. The van der Waals surface area contributed by atoms with Crippen molar-refractivity contribution in [3.8, 4) is 17.3 Å². The summed E-state index contributed by atoms with van der Waals surface area (Å²) in [6.45, 7) is 1.85. The molecule has 12 heteroatoms. The summed E-state index contributed by atoms with van der Waals surface area (Å²) in [6, 6.07) is 6.84. The number of benzene rings is 1. The predicted molar refractivity (Wildman–Crippen MR) is 134 cm³/mol. The average molecular weight is 535 g/mol. The molecule has 2 aromatic heterocycles. The minimum Gasteiger partial charge on any atom is -0.482 e. The van der Waals surface area contributed by atoms with E-state index in [2.05, 4.69) is 19.9 Å². The minimum absolute atomic E-state index is 0.112. The number of halogens is 4. The van der Waals surface area contributed by atoms with Crippen molar-refractivity contribution in [2.75, 3.05) is 14.2 Å². The fourth-order valence-corrected chi connectivity index (χ4v) is 3.96. The van der Waals surface area contributed by atoms with Crippen molar-refractivity contribution in [1.82, 2.24) is 19.5 Å². The van der Waals surface area contributed by atoms with Crippen molar-refractivity contribution >= 4 is 22.9 Å². The van der Waals surface area contributed by atoms with Gasteiger partial charge in [0.1, 0.15) is 23.0 Å². The number of nitrogens with zero attached hydrogens (tertiary/aromatic N) is 5. The first-order valence-corrected chi connectivity index (χ1v) is 11.8. The fourth-order valence-electron chi connectivity index (χ4n) is 3.82. The van der Waals surface area contributed by atoms with Gasteiger partial charge in [0.2, 0.25) is 5.88 Å². The number of nitrogens with two attached hydrogens (primary N) is 1. The number of aryl methyl sites for hydroxylation is 2. The highest BCUT2D eigenvalue weighted by Crippen LogP contribution is 2.37. The number of ether oxygens (including phenoxy) is 2. The van der Waals surface area contributed by atoms with Crippen LogP contribution in [-0.4, -0.2) is 39.4 Å². The Kier molecular flexibility index (Phi) is 7.44. The van der Waals surface area contributed by atoms with Crippen LogP contribution in [0, 0.1) is 12.8 Å². The molecule has 0 atom stereocenters. The first kappa shape index (κ1) is 26.5. The van der Waals surface area contributed by atoms with Gasteiger partial charge in [0.25, 0.3) is 0 Å². The molecule has 0 spiro atoms. The lowest BCUT2D eigenvalue weighted by molar-refractivity contribution is -0.140. The normalized spacial score (nSPS) is 15.0. The zero-order valence-electron chi connectivity index (χ0n) is 20.7. The highest BCUT2D eigenvalue weighted by Gasteiger charge is 2.35. The van der Waals surface area contributed by atoms with E-state index in [1.165, 1.54) is 18.7 Å². The van der Waals surface area contributed by atoms with Crippen LogP contribution in [0.3, 0.4) is 0 Å². The summed E-state index contributed by atoms with van der Waals surface area (Å²) in [7, 11) is 4.67. The molecule has 37 heavy (non-hydrogen) atoms. The molecule has 1 aromatic carbocycles. The molecule has 0 radical (unpaired) electrons. The summed E-state index contributed by atoms with van der Waals surface area (Å²) in [5.74, 6) is 1.09. The molecule has 0 bridgehead atoms. The van der Waals surface area contributed by atoms with Crippen molar-refractivity contribution in [3.63, 3.8) is 0 Å². The lowest BCUT2D eigenvalue weighted by Crippen LogP contribution is -2.17. The summed E-state index contributed by atoms with van der Waals surface area (Å²) < 4.78 is 51.5. The van der Waals surface area contributed by atoms with Gasteiger partial charge in [-0.1, -0.05) is 35.9 Å². The molecule has 2 N–H and O–H groups in total. The number of imidazole rings is 1. The summed E-state index contributed by atoms with van der Waals surface area (Å²) in [5, 5.41) is 0.254. The quantitative estimate of drug-likeness (QED) is 0.315. The lowest BCUT2D eigenvalue weighted by Gasteiger charge is -2.15. The largest absolute Gasteiger partial charge is 0.482 e. The Balaban J connectivity index is 1.57. The van der Waals surface area contributed by atoms with Crippen LogP contribution in [0.4, 0.5) is 13.2 Å². The molecule has 4 rings (SSSR count). The summed E-state index contributed by atoms with van der Waals surface area (Å²) >= 11 is 6.44.